The molecule has 23 heavy (non-hydrogen) atoms. The number of carbonyl (C=O) groups excluding carboxylic acids is 1. The van der Waals surface area contributed by atoms with Crippen LogP contribution in [0.15, 0.2) is 34.7 Å². The molecule has 1 aromatic heterocycles. The number of fused-ring (bicyclic) bond motifs is 1. The summed E-state index contributed by atoms with van der Waals surface area (Å²) >= 11 is 0. The molecule has 1 aliphatic rings. The van der Waals surface area contributed by atoms with E-state index in [4.69, 9.17) is 10.2 Å². The molecule has 0 unspecified atom stereocenters. The lowest BCUT2D eigenvalue weighted by atomic mass is 9.99. The van der Waals surface area contributed by atoms with Crippen LogP contribution in [-0.4, -0.2) is 27.1 Å². The van der Waals surface area contributed by atoms with Crippen LogP contribution in [0.1, 0.15) is 28.3 Å². The summed E-state index contributed by atoms with van der Waals surface area (Å²) in [6, 6.07) is 8.55. The summed E-state index contributed by atoms with van der Waals surface area (Å²) in [7, 11) is -3.20. The van der Waals surface area contributed by atoms with Crippen LogP contribution >= 0.6 is 0 Å². The van der Waals surface area contributed by atoms with E-state index >= 15 is 0 Å². The van der Waals surface area contributed by atoms with Gasteiger partial charge in [0, 0.05) is 24.2 Å². The lowest BCUT2D eigenvalue weighted by Crippen LogP contribution is -2.35. The monoisotopic (exact) mass is 334 g/mol. The summed E-state index contributed by atoms with van der Waals surface area (Å²) in [5, 5.41) is 0. The standard InChI is InChI=1S/C16H18N2O4S/c1-23(20,21)10-11-7-8-15(22-11)16(19)18-9-3-4-12-13(17)5-2-6-14(12)18/h2,5-8H,3-4,9-10,17H2,1H3. The van der Waals surface area contributed by atoms with E-state index in [0.29, 0.717) is 12.2 Å². The Bertz CT molecular complexity index is 855. The normalized spacial score (nSPS) is 14.6. The van der Waals surface area contributed by atoms with Gasteiger partial charge in [-0.05, 0) is 42.7 Å². The van der Waals surface area contributed by atoms with Crippen LogP contribution < -0.4 is 10.6 Å². The summed E-state index contributed by atoms with van der Waals surface area (Å²) in [5.74, 6) is -0.0972. The first-order chi connectivity index (χ1) is 10.8. The zero-order valence-electron chi connectivity index (χ0n) is 12.8. The van der Waals surface area contributed by atoms with E-state index in [-0.39, 0.29) is 23.2 Å². The molecule has 122 valence electrons. The minimum Gasteiger partial charge on any atom is -0.455 e. The summed E-state index contributed by atoms with van der Waals surface area (Å²) < 4.78 is 28.0. The van der Waals surface area contributed by atoms with Gasteiger partial charge in [-0.1, -0.05) is 6.07 Å². The van der Waals surface area contributed by atoms with Crippen molar-refractivity contribution >= 4 is 27.1 Å². The van der Waals surface area contributed by atoms with Gasteiger partial charge >= 0.3 is 0 Å². The molecule has 0 fully saturated rings. The molecule has 7 heteroatoms. The third-order valence-corrected chi connectivity index (χ3v) is 4.62. The van der Waals surface area contributed by atoms with Gasteiger partial charge in [-0.3, -0.25) is 4.79 Å². The number of anilines is 2. The topological polar surface area (TPSA) is 93.6 Å². The van der Waals surface area contributed by atoms with Crippen molar-refractivity contribution in [1.29, 1.82) is 0 Å². The molecule has 2 heterocycles. The molecular weight excluding hydrogens is 316 g/mol. The molecule has 1 aliphatic heterocycles. The average molecular weight is 334 g/mol. The number of hydrogen-bond acceptors (Lipinski definition) is 5. The predicted octanol–water partition coefficient (Wildman–Crippen LogP) is 2.00. The van der Waals surface area contributed by atoms with E-state index in [0.717, 1.165) is 30.3 Å². The molecule has 0 bridgehead atoms. The van der Waals surface area contributed by atoms with E-state index < -0.39 is 9.84 Å². The molecule has 0 radical (unpaired) electrons. The van der Waals surface area contributed by atoms with Crippen molar-refractivity contribution in [3.05, 3.63) is 47.4 Å². The number of benzene rings is 1. The van der Waals surface area contributed by atoms with Gasteiger partial charge in [-0.2, -0.15) is 0 Å². The second-order valence-electron chi connectivity index (χ2n) is 5.74. The third-order valence-electron chi connectivity index (χ3n) is 3.81. The SMILES string of the molecule is CS(=O)(=O)Cc1ccc(C(=O)N2CCCc3c(N)cccc32)o1. The lowest BCUT2D eigenvalue weighted by Gasteiger charge is -2.29. The number of furan rings is 1. The van der Waals surface area contributed by atoms with Crippen molar-refractivity contribution in [3.63, 3.8) is 0 Å². The number of carbonyl (C=O) groups is 1. The summed E-state index contributed by atoms with van der Waals surface area (Å²) in [5.41, 5.74) is 8.43. The zero-order chi connectivity index (χ0) is 16.6. The molecule has 0 aliphatic carbocycles. The molecule has 1 amide bonds. The van der Waals surface area contributed by atoms with Crippen molar-refractivity contribution in [2.75, 3.05) is 23.4 Å². The van der Waals surface area contributed by atoms with Crippen molar-refractivity contribution in [2.45, 2.75) is 18.6 Å². The second-order valence-corrected chi connectivity index (χ2v) is 7.88. The Labute approximate surface area is 134 Å². The summed E-state index contributed by atoms with van der Waals surface area (Å²) in [6.45, 7) is 0.581. The number of sulfone groups is 1. The molecule has 6 nitrogen and oxygen atoms in total. The zero-order valence-corrected chi connectivity index (χ0v) is 13.6. The molecule has 0 spiro atoms. The first-order valence-corrected chi connectivity index (χ1v) is 9.37. The van der Waals surface area contributed by atoms with Gasteiger partial charge in [-0.15, -0.1) is 0 Å². The maximum absolute atomic E-state index is 12.7. The molecule has 2 N–H and O–H groups in total. The Kier molecular flexibility index (Phi) is 3.89. The average Bonchev–Trinajstić information content (AvgIpc) is 2.93. The van der Waals surface area contributed by atoms with Crippen LogP contribution in [0.25, 0.3) is 0 Å². The Balaban J connectivity index is 1.89. The van der Waals surface area contributed by atoms with Gasteiger partial charge in [-0.25, -0.2) is 8.42 Å². The van der Waals surface area contributed by atoms with Crippen LogP contribution in [0.3, 0.4) is 0 Å². The van der Waals surface area contributed by atoms with Crippen molar-refractivity contribution in [2.24, 2.45) is 0 Å². The minimum atomic E-state index is -3.20. The van der Waals surface area contributed by atoms with Gasteiger partial charge < -0.3 is 15.1 Å². The van der Waals surface area contributed by atoms with Gasteiger partial charge in [0.15, 0.2) is 15.6 Å². The number of nitrogen functional groups attached to an aromatic ring is 1. The highest BCUT2D eigenvalue weighted by Gasteiger charge is 2.26. The largest absolute Gasteiger partial charge is 0.455 e. The predicted molar refractivity (Wildman–Crippen MR) is 88.1 cm³/mol. The van der Waals surface area contributed by atoms with Crippen LogP contribution in [0, 0.1) is 0 Å². The highest BCUT2D eigenvalue weighted by Crippen LogP contribution is 2.32. The number of hydrogen-bond donors (Lipinski definition) is 1. The molecular formula is C16H18N2O4S. The van der Waals surface area contributed by atoms with E-state index in [9.17, 15) is 13.2 Å². The number of nitrogens with zero attached hydrogens (tertiary/aromatic N) is 1. The Morgan fingerprint density at radius 3 is 2.83 bits per heavy atom. The number of nitrogens with two attached hydrogens (primary N) is 1. The van der Waals surface area contributed by atoms with Crippen LogP contribution in [0.5, 0.6) is 0 Å². The highest BCUT2D eigenvalue weighted by molar-refractivity contribution is 7.89. The Morgan fingerprint density at radius 1 is 1.30 bits per heavy atom. The van der Waals surface area contributed by atoms with Crippen molar-refractivity contribution in [3.8, 4) is 0 Å². The van der Waals surface area contributed by atoms with E-state index in [1.54, 1.807) is 4.90 Å². The molecule has 3 rings (SSSR count). The van der Waals surface area contributed by atoms with Crippen LogP contribution in [-0.2, 0) is 22.0 Å². The molecule has 2 aromatic rings. The van der Waals surface area contributed by atoms with Crippen molar-refractivity contribution in [1.82, 2.24) is 0 Å². The quantitative estimate of drug-likeness (QED) is 0.867. The highest BCUT2D eigenvalue weighted by atomic mass is 32.2. The Morgan fingerprint density at radius 2 is 2.09 bits per heavy atom. The fourth-order valence-electron chi connectivity index (χ4n) is 2.82. The Hall–Kier alpha value is -2.28. The summed E-state index contributed by atoms with van der Waals surface area (Å²) in [6.07, 6.45) is 2.79. The van der Waals surface area contributed by atoms with E-state index in [1.165, 1.54) is 12.1 Å². The molecule has 0 saturated heterocycles. The van der Waals surface area contributed by atoms with Crippen LogP contribution in [0.2, 0.25) is 0 Å². The first-order valence-electron chi connectivity index (χ1n) is 7.31. The van der Waals surface area contributed by atoms with Crippen LogP contribution in [0.4, 0.5) is 11.4 Å². The third kappa shape index (κ3) is 3.24. The van der Waals surface area contributed by atoms with E-state index in [1.807, 2.05) is 18.2 Å². The van der Waals surface area contributed by atoms with E-state index in [2.05, 4.69) is 0 Å². The number of amides is 1. The van der Waals surface area contributed by atoms with Gasteiger partial charge in [0.25, 0.3) is 5.91 Å². The maximum atomic E-state index is 12.7. The number of rotatable bonds is 3. The van der Waals surface area contributed by atoms with Crippen molar-refractivity contribution < 1.29 is 17.6 Å². The maximum Gasteiger partial charge on any atom is 0.293 e. The molecule has 1 aromatic carbocycles. The fraction of sp³-hybridized carbons (Fsp3) is 0.312. The molecule has 0 atom stereocenters. The summed E-state index contributed by atoms with van der Waals surface area (Å²) in [4.78, 5) is 14.3. The second kappa shape index (κ2) is 5.73. The van der Waals surface area contributed by atoms with Gasteiger partial charge in [0.1, 0.15) is 11.5 Å². The lowest BCUT2D eigenvalue weighted by molar-refractivity contribution is 0.0957. The van der Waals surface area contributed by atoms with Gasteiger partial charge in [0.2, 0.25) is 0 Å². The first kappa shape index (κ1) is 15.6. The van der Waals surface area contributed by atoms with Gasteiger partial charge in [0.05, 0.1) is 0 Å². The smallest absolute Gasteiger partial charge is 0.293 e. The fourth-order valence-corrected chi connectivity index (χ4v) is 3.50. The minimum absolute atomic E-state index is 0.138. The molecule has 0 saturated carbocycles.